The Morgan fingerprint density at radius 3 is 2.33 bits per heavy atom. The van der Waals surface area contributed by atoms with Crippen LogP contribution in [-0.2, 0) is 15.8 Å². The van der Waals surface area contributed by atoms with Crippen LogP contribution in [0.4, 0.5) is 18.9 Å². The van der Waals surface area contributed by atoms with Gasteiger partial charge in [0.1, 0.15) is 0 Å². The maximum absolute atomic E-state index is 13.1. The van der Waals surface area contributed by atoms with Crippen LogP contribution in [0.2, 0.25) is 0 Å². The Balaban J connectivity index is 1.46. The number of carbonyl (C=O) groups is 2. The van der Waals surface area contributed by atoms with Crippen molar-refractivity contribution in [2.75, 3.05) is 18.4 Å². The number of hydrogen-bond donors (Lipinski definition) is 1. The van der Waals surface area contributed by atoms with Crippen molar-refractivity contribution in [3.05, 3.63) is 41.5 Å². The van der Waals surface area contributed by atoms with E-state index in [1.165, 1.54) is 0 Å². The van der Waals surface area contributed by atoms with Crippen LogP contribution in [0.5, 0.6) is 0 Å². The largest absolute Gasteiger partial charge is 0.418 e. The van der Waals surface area contributed by atoms with Crippen LogP contribution in [0.1, 0.15) is 17.5 Å². The Labute approximate surface area is 153 Å². The van der Waals surface area contributed by atoms with Gasteiger partial charge in [-0.1, -0.05) is 12.2 Å². The fourth-order valence-electron chi connectivity index (χ4n) is 4.49. The van der Waals surface area contributed by atoms with Gasteiger partial charge in [0.05, 0.1) is 29.0 Å². The number of alkyl halides is 3. The van der Waals surface area contributed by atoms with E-state index in [9.17, 15) is 22.8 Å². The summed E-state index contributed by atoms with van der Waals surface area (Å²) in [7, 11) is 0. The number of imide groups is 1. The maximum atomic E-state index is 13.1. The van der Waals surface area contributed by atoms with E-state index in [0.717, 1.165) is 29.5 Å². The number of benzene rings is 1. The molecule has 0 radical (unpaired) electrons. The average molecular weight is 375 g/mol. The number of nitriles is 1. The molecule has 4 unspecified atom stereocenters. The number of nitrogens with zero attached hydrogens (tertiary/aromatic N) is 2. The maximum Gasteiger partial charge on any atom is 0.418 e. The standard InChI is InChI=1S/C19H16F3N3O2/c20-19(21,22)13-4-1-10(9-23)7-14(13)24-5-6-25-17(26)15-11-2-3-12(8-11)16(15)18(25)27/h1-4,7,11-12,15-16,24H,5-6,8H2. The molecule has 2 amide bonds. The summed E-state index contributed by atoms with van der Waals surface area (Å²) < 4.78 is 39.4. The number of likely N-dealkylation sites (tertiary alicyclic amines) is 1. The average Bonchev–Trinajstić information content (AvgIpc) is 3.30. The lowest BCUT2D eigenvalue weighted by atomic mass is 9.85. The fourth-order valence-corrected chi connectivity index (χ4v) is 4.49. The number of fused-ring (bicyclic) bond motifs is 5. The molecule has 1 aromatic rings. The molecule has 140 valence electrons. The molecule has 1 heterocycles. The highest BCUT2D eigenvalue weighted by molar-refractivity contribution is 6.06. The summed E-state index contributed by atoms with van der Waals surface area (Å²) in [5, 5.41) is 11.5. The zero-order chi connectivity index (χ0) is 19.3. The zero-order valence-corrected chi connectivity index (χ0v) is 14.2. The highest BCUT2D eigenvalue weighted by Gasteiger charge is 2.58. The third-order valence-electron chi connectivity index (χ3n) is 5.67. The van der Waals surface area contributed by atoms with E-state index in [1.807, 2.05) is 12.2 Å². The molecule has 1 N–H and O–H groups in total. The van der Waals surface area contributed by atoms with Crippen molar-refractivity contribution in [1.29, 1.82) is 5.26 Å². The molecule has 2 aliphatic carbocycles. The van der Waals surface area contributed by atoms with Crippen LogP contribution in [-0.4, -0.2) is 29.8 Å². The molecule has 2 fully saturated rings. The van der Waals surface area contributed by atoms with Gasteiger partial charge in [-0.3, -0.25) is 14.5 Å². The number of hydrogen-bond acceptors (Lipinski definition) is 4. The predicted molar refractivity (Wildman–Crippen MR) is 89.1 cm³/mol. The molecule has 27 heavy (non-hydrogen) atoms. The molecule has 0 spiro atoms. The van der Waals surface area contributed by atoms with Gasteiger partial charge in [-0.2, -0.15) is 18.4 Å². The SMILES string of the molecule is N#Cc1ccc(C(F)(F)F)c(NCCN2C(=O)C3C4C=CC(C4)C3C2=O)c1. The van der Waals surface area contributed by atoms with Gasteiger partial charge in [-0.05, 0) is 36.5 Å². The highest BCUT2D eigenvalue weighted by Crippen LogP contribution is 2.52. The van der Waals surface area contributed by atoms with E-state index in [0.29, 0.717) is 0 Å². The molecular formula is C19H16F3N3O2. The van der Waals surface area contributed by atoms with E-state index in [1.54, 1.807) is 6.07 Å². The number of carbonyl (C=O) groups excluding carboxylic acids is 2. The first kappa shape index (κ1) is 17.6. The summed E-state index contributed by atoms with van der Waals surface area (Å²) in [6, 6.07) is 4.87. The molecule has 4 rings (SSSR count). The molecule has 0 aromatic heterocycles. The second kappa shape index (κ2) is 6.12. The number of nitrogens with one attached hydrogen (secondary N) is 1. The van der Waals surface area contributed by atoms with Gasteiger partial charge in [0, 0.05) is 18.8 Å². The Kier molecular flexibility index (Phi) is 3.98. The predicted octanol–water partition coefficient (Wildman–Crippen LogP) is 2.80. The molecule has 5 nitrogen and oxygen atoms in total. The van der Waals surface area contributed by atoms with Crippen LogP contribution >= 0.6 is 0 Å². The summed E-state index contributed by atoms with van der Waals surface area (Å²) in [6.45, 7) is -0.0180. The summed E-state index contributed by atoms with van der Waals surface area (Å²) >= 11 is 0. The van der Waals surface area contributed by atoms with Gasteiger partial charge in [0.2, 0.25) is 11.8 Å². The van der Waals surface area contributed by atoms with Gasteiger partial charge >= 0.3 is 6.18 Å². The molecule has 1 saturated carbocycles. The molecule has 3 aliphatic rings. The van der Waals surface area contributed by atoms with Crippen LogP contribution in [0.15, 0.2) is 30.4 Å². The Morgan fingerprint density at radius 1 is 1.15 bits per heavy atom. The second-order valence-electron chi connectivity index (χ2n) is 7.12. The molecule has 8 heteroatoms. The third-order valence-corrected chi connectivity index (χ3v) is 5.67. The highest BCUT2D eigenvalue weighted by atomic mass is 19.4. The van der Waals surface area contributed by atoms with Crippen molar-refractivity contribution in [3.8, 4) is 6.07 Å². The summed E-state index contributed by atoms with van der Waals surface area (Å²) in [4.78, 5) is 26.3. The lowest BCUT2D eigenvalue weighted by Crippen LogP contribution is -2.36. The van der Waals surface area contributed by atoms with Gasteiger partial charge < -0.3 is 5.32 Å². The molecule has 1 aliphatic heterocycles. The van der Waals surface area contributed by atoms with E-state index in [-0.39, 0.29) is 59.8 Å². The van der Waals surface area contributed by atoms with Gasteiger partial charge in [0.25, 0.3) is 0 Å². The number of halogens is 3. The van der Waals surface area contributed by atoms with Crippen LogP contribution in [0.3, 0.4) is 0 Å². The first-order valence-electron chi connectivity index (χ1n) is 8.70. The minimum absolute atomic E-state index is 0.00180. The van der Waals surface area contributed by atoms with Crippen LogP contribution in [0.25, 0.3) is 0 Å². The third kappa shape index (κ3) is 2.78. The van der Waals surface area contributed by atoms with Gasteiger partial charge in [-0.15, -0.1) is 0 Å². The number of anilines is 1. The second-order valence-corrected chi connectivity index (χ2v) is 7.12. The number of rotatable bonds is 4. The molecule has 2 bridgehead atoms. The lowest BCUT2D eigenvalue weighted by Gasteiger charge is -2.19. The molecule has 1 saturated heterocycles. The van der Waals surface area contributed by atoms with Crippen molar-refractivity contribution in [1.82, 2.24) is 4.90 Å². The normalized spacial score (nSPS) is 28.6. The molecular weight excluding hydrogens is 359 g/mol. The van der Waals surface area contributed by atoms with E-state index < -0.39 is 11.7 Å². The first-order chi connectivity index (χ1) is 12.8. The zero-order valence-electron chi connectivity index (χ0n) is 14.2. The molecule has 4 atom stereocenters. The van der Waals surface area contributed by atoms with Crippen molar-refractivity contribution in [2.45, 2.75) is 12.6 Å². The Morgan fingerprint density at radius 2 is 1.78 bits per heavy atom. The minimum atomic E-state index is -4.57. The minimum Gasteiger partial charge on any atom is -0.383 e. The number of amides is 2. The fraction of sp³-hybridized carbons (Fsp3) is 0.421. The smallest absolute Gasteiger partial charge is 0.383 e. The number of allylic oxidation sites excluding steroid dienone is 2. The Hall–Kier alpha value is -2.82. The monoisotopic (exact) mass is 375 g/mol. The summed E-state index contributed by atoms with van der Waals surface area (Å²) in [5.41, 5.74) is -1.03. The van der Waals surface area contributed by atoms with Gasteiger partial charge in [0.15, 0.2) is 0 Å². The van der Waals surface area contributed by atoms with Crippen molar-refractivity contribution in [3.63, 3.8) is 0 Å². The first-order valence-corrected chi connectivity index (χ1v) is 8.70. The Bertz CT molecular complexity index is 857. The van der Waals surface area contributed by atoms with E-state index in [4.69, 9.17) is 5.26 Å². The van der Waals surface area contributed by atoms with Crippen molar-refractivity contribution in [2.24, 2.45) is 23.7 Å². The van der Waals surface area contributed by atoms with Crippen LogP contribution in [0, 0.1) is 35.0 Å². The van der Waals surface area contributed by atoms with E-state index >= 15 is 0 Å². The topological polar surface area (TPSA) is 73.2 Å². The molecule has 1 aromatic carbocycles. The van der Waals surface area contributed by atoms with Crippen LogP contribution < -0.4 is 5.32 Å². The lowest BCUT2D eigenvalue weighted by molar-refractivity contribution is -0.141. The van der Waals surface area contributed by atoms with Crippen molar-refractivity contribution < 1.29 is 22.8 Å². The summed E-state index contributed by atoms with van der Waals surface area (Å²) in [5.74, 6) is -0.909. The summed E-state index contributed by atoms with van der Waals surface area (Å²) in [6.07, 6.45) is 0.232. The van der Waals surface area contributed by atoms with Crippen molar-refractivity contribution >= 4 is 17.5 Å². The van der Waals surface area contributed by atoms with E-state index in [2.05, 4.69) is 5.32 Å². The van der Waals surface area contributed by atoms with Gasteiger partial charge in [-0.25, -0.2) is 0 Å². The quantitative estimate of drug-likeness (QED) is 0.649.